The fourth-order valence-corrected chi connectivity index (χ4v) is 1.54. The molecule has 18 heavy (non-hydrogen) atoms. The van der Waals surface area contributed by atoms with E-state index in [2.05, 4.69) is 15.3 Å². The molecule has 0 atom stereocenters. The minimum absolute atomic E-state index is 0.116. The molecule has 6 heteroatoms. The molecule has 3 N–H and O–H groups in total. The second kappa shape index (κ2) is 5.55. The summed E-state index contributed by atoms with van der Waals surface area (Å²) in [7, 11) is 0. The standard InChI is InChI=1S/C12H12ClN3O2/c13-9-6-15-12(16-7-9)14-4-3-8-1-2-10(17)11(18)5-8/h1-2,5-7,17-18H,3-4H2,(H,14,15,16). The van der Waals surface area contributed by atoms with E-state index < -0.39 is 0 Å². The molecule has 1 heterocycles. The van der Waals surface area contributed by atoms with E-state index >= 15 is 0 Å². The van der Waals surface area contributed by atoms with Gasteiger partial charge in [0.15, 0.2) is 11.5 Å². The molecular formula is C12H12ClN3O2. The number of rotatable bonds is 4. The molecule has 0 aliphatic carbocycles. The largest absolute Gasteiger partial charge is 0.504 e. The zero-order valence-electron chi connectivity index (χ0n) is 9.47. The monoisotopic (exact) mass is 265 g/mol. The van der Waals surface area contributed by atoms with Gasteiger partial charge in [-0.25, -0.2) is 9.97 Å². The Morgan fingerprint density at radius 3 is 2.50 bits per heavy atom. The summed E-state index contributed by atoms with van der Waals surface area (Å²) in [6.07, 6.45) is 3.71. The van der Waals surface area contributed by atoms with Gasteiger partial charge in [0.2, 0.25) is 5.95 Å². The molecule has 0 saturated carbocycles. The molecule has 5 nitrogen and oxygen atoms in total. The summed E-state index contributed by atoms with van der Waals surface area (Å²) >= 11 is 5.67. The normalized spacial score (nSPS) is 10.3. The molecular weight excluding hydrogens is 254 g/mol. The zero-order valence-corrected chi connectivity index (χ0v) is 10.2. The Hall–Kier alpha value is -2.01. The molecule has 0 saturated heterocycles. The van der Waals surface area contributed by atoms with Crippen LogP contribution in [0.2, 0.25) is 5.02 Å². The highest BCUT2D eigenvalue weighted by atomic mass is 35.5. The highest BCUT2D eigenvalue weighted by Gasteiger charge is 2.01. The number of anilines is 1. The predicted octanol–water partition coefficient (Wildman–Crippen LogP) is 2.20. The quantitative estimate of drug-likeness (QED) is 0.739. The van der Waals surface area contributed by atoms with Gasteiger partial charge in [0.05, 0.1) is 17.4 Å². The van der Waals surface area contributed by atoms with Gasteiger partial charge in [0.1, 0.15) is 0 Å². The minimum Gasteiger partial charge on any atom is -0.504 e. The second-order valence-corrected chi connectivity index (χ2v) is 4.16. The van der Waals surface area contributed by atoms with Crippen LogP contribution in [0.5, 0.6) is 11.5 Å². The van der Waals surface area contributed by atoms with Crippen molar-refractivity contribution in [2.24, 2.45) is 0 Å². The van der Waals surface area contributed by atoms with Gasteiger partial charge in [-0.1, -0.05) is 17.7 Å². The molecule has 0 aliphatic heterocycles. The van der Waals surface area contributed by atoms with Crippen molar-refractivity contribution in [1.29, 1.82) is 0 Å². The Balaban J connectivity index is 1.88. The topological polar surface area (TPSA) is 78.3 Å². The van der Waals surface area contributed by atoms with E-state index in [0.29, 0.717) is 23.9 Å². The van der Waals surface area contributed by atoms with Crippen LogP contribution in [0.1, 0.15) is 5.56 Å². The van der Waals surface area contributed by atoms with Crippen LogP contribution in [0.25, 0.3) is 0 Å². The van der Waals surface area contributed by atoms with E-state index in [0.717, 1.165) is 5.56 Å². The summed E-state index contributed by atoms with van der Waals surface area (Å²) in [5, 5.41) is 22.0. The van der Waals surface area contributed by atoms with Gasteiger partial charge in [-0.15, -0.1) is 0 Å². The molecule has 0 bridgehead atoms. The van der Waals surface area contributed by atoms with Crippen LogP contribution in [0.3, 0.4) is 0 Å². The number of aromatic hydroxyl groups is 2. The van der Waals surface area contributed by atoms with Crippen molar-refractivity contribution in [3.63, 3.8) is 0 Å². The molecule has 0 amide bonds. The lowest BCUT2D eigenvalue weighted by Crippen LogP contribution is -2.07. The van der Waals surface area contributed by atoms with Crippen molar-refractivity contribution >= 4 is 17.5 Å². The van der Waals surface area contributed by atoms with Crippen LogP contribution >= 0.6 is 11.6 Å². The minimum atomic E-state index is -0.118. The molecule has 0 fully saturated rings. The smallest absolute Gasteiger partial charge is 0.222 e. The first kappa shape index (κ1) is 12.4. The number of nitrogens with zero attached hydrogens (tertiary/aromatic N) is 2. The van der Waals surface area contributed by atoms with Crippen molar-refractivity contribution in [3.8, 4) is 11.5 Å². The van der Waals surface area contributed by atoms with Crippen molar-refractivity contribution in [3.05, 3.63) is 41.2 Å². The summed E-state index contributed by atoms with van der Waals surface area (Å²) in [5.74, 6) is 0.269. The Morgan fingerprint density at radius 2 is 1.83 bits per heavy atom. The first-order valence-corrected chi connectivity index (χ1v) is 5.75. The van der Waals surface area contributed by atoms with Gasteiger partial charge in [-0.3, -0.25) is 0 Å². The lowest BCUT2D eigenvalue weighted by Gasteiger charge is -2.05. The fourth-order valence-electron chi connectivity index (χ4n) is 1.45. The van der Waals surface area contributed by atoms with Gasteiger partial charge >= 0.3 is 0 Å². The molecule has 1 aromatic carbocycles. The van der Waals surface area contributed by atoms with Crippen LogP contribution in [0.15, 0.2) is 30.6 Å². The van der Waals surface area contributed by atoms with E-state index in [1.807, 2.05) is 0 Å². The van der Waals surface area contributed by atoms with E-state index in [-0.39, 0.29) is 11.5 Å². The summed E-state index contributed by atoms with van der Waals surface area (Å²) in [6, 6.07) is 4.74. The molecule has 0 unspecified atom stereocenters. The molecule has 1 aromatic heterocycles. The maximum absolute atomic E-state index is 9.34. The fraction of sp³-hybridized carbons (Fsp3) is 0.167. The number of nitrogens with one attached hydrogen (secondary N) is 1. The third-order valence-electron chi connectivity index (χ3n) is 2.36. The first-order chi connectivity index (χ1) is 8.65. The van der Waals surface area contributed by atoms with Gasteiger partial charge in [0.25, 0.3) is 0 Å². The average Bonchev–Trinajstić information content (AvgIpc) is 2.36. The second-order valence-electron chi connectivity index (χ2n) is 3.72. The Morgan fingerprint density at radius 1 is 1.11 bits per heavy atom. The average molecular weight is 266 g/mol. The predicted molar refractivity (Wildman–Crippen MR) is 69.0 cm³/mol. The van der Waals surface area contributed by atoms with Crippen molar-refractivity contribution in [2.75, 3.05) is 11.9 Å². The highest BCUT2D eigenvalue weighted by molar-refractivity contribution is 6.30. The molecule has 0 spiro atoms. The third kappa shape index (κ3) is 3.24. The number of phenolic OH excluding ortho intramolecular Hbond substituents is 2. The van der Waals surface area contributed by atoms with E-state index in [1.165, 1.54) is 24.5 Å². The first-order valence-electron chi connectivity index (χ1n) is 5.37. The lowest BCUT2D eigenvalue weighted by atomic mass is 10.1. The van der Waals surface area contributed by atoms with Crippen LogP contribution in [-0.4, -0.2) is 26.7 Å². The summed E-state index contributed by atoms with van der Waals surface area (Å²) in [6.45, 7) is 0.617. The Labute approximate surface area is 109 Å². The maximum atomic E-state index is 9.34. The Bertz CT molecular complexity index is 531. The number of phenols is 2. The van der Waals surface area contributed by atoms with Crippen molar-refractivity contribution in [2.45, 2.75) is 6.42 Å². The van der Waals surface area contributed by atoms with E-state index in [1.54, 1.807) is 6.07 Å². The molecule has 94 valence electrons. The van der Waals surface area contributed by atoms with Gasteiger partial charge in [-0.05, 0) is 24.1 Å². The number of halogens is 1. The number of aromatic nitrogens is 2. The molecule has 0 aliphatic rings. The van der Waals surface area contributed by atoms with Crippen LogP contribution in [0.4, 0.5) is 5.95 Å². The Kier molecular flexibility index (Phi) is 3.84. The van der Waals surface area contributed by atoms with Crippen LogP contribution < -0.4 is 5.32 Å². The van der Waals surface area contributed by atoms with Crippen molar-refractivity contribution < 1.29 is 10.2 Å². The molecule has 0 radical (unpaired) electrons. The van der Waals surface area contributed by atoms with Crippen molar-refractivity contribution in [1.82, 2.24) is 9.97 Å². The SMILES string of the molecule is Oc1ccc(CCNc2ncc(Cl)cn2)cc1O. The van der Waals surface area contributed by atoms with Crippen LogP contribution in [-0.2, 0) is 6.42 Å². The third-order valence-corrected chi connectivity index (χ3v) is 2.55. The molecule has 2 rings (SSSR count). The summed E-state index contributed by atoms with van der Waals surface area (Å²) < 4.78 is 0. The maximum Gasteiger partial charge on any atom is 0.222 e. The number of hydrogen-bond acceptors (Lipinski definition) is 5. The van der Waals surface area contributed by atoms with E-state index in [4.69, 9.17) is 11.6 Å². The van der Waals surface area contributed by atoms with Gasteiger partial charge < -0.3 is 15.5 Å². The number of hydrogen-bond donors (Lipinski definition) is 3. The number of benzene rings is 1. The zero-order chi connectivity index (χ0) is 13.0. The van der Waals surface area contributed by atoms with E-state index in [9.17, 15) is 10.2 Å². The molecule has 2 aromatic rings. The summed E-state index contributed by atoms with van der Waals surface area (Å²) in [4.78, 5) is 8.00. The van der Waals surface area contributed by atoms with Crippen LogP contribution in [0, 0.1) is 0 Å². The van der Waals surface area contributed by atoms with Gasteiger partial charge in [0, 0.05) is 6.54 Å². The lowest BCUT2D eigenvalue weighted by molar-refractivity contribution is 0.403. The highest BCUT2D eigenvalue weighted by Crippen LogP contribution is 2.24. The van der Waals surface area contributed by atoms with Gasteiger partial charge in [-0.2, -0.15) is 0 Å². The summed E-state index contributed by atoms with van der Waals surface area (Å²) in [5.41, 5.74) is 0.909.